The molecule has 0 bridgehead atoms. The quantitative estimate of drug-likeness (QED) is 0.127. The number of hydrogen-bond donors (Lipinski definition) is 0. The average Bonchev–Trinajstić information content (AvgIpc) is 3.13. The maximum Gasteiger partial charge on any atom is 0.193 e. The number of nitrogens with zero attached hydrogens (tertiary/aromatic N) is 4. The first-order chi connectivity index (χ1) is 22.6. The molecule has 0 N–H and O–H groups in total. The largest absolute Gasteiger partial charge is 0.289 e. The smallest absolute Gasteiger partial charge is 0.193 e. The normalized spacial score (nSPS) is 10.4. The van der Waals surface area contributed by atoms with Crippen LogP contribution in [0.25, 0.3) is 21.8 Å². The van der Waals surface area contributed by atoms with Crippen LogP contribution in [0.4, 0.5) is 0 Å². The number of carbonyl (C=O) groups excluding carboxylic acids is 2. The first-order valence-electron chi connectivity index (χ1n) is 14.4. The summed E-state index contributed by atoms with van der Waals surface area (Å²) >= 11 is 0. The molecule has 6 heteroatoms. The Morgan fingerprint density at radius 1 is 0.413 bits per heavy atom. The van der Waals surface area contributed by atoms with Crippen molar-refractivity contribution >= 4 is 33.4 Å². The Morgan fingerprint density at radius 2 is 0.761 bits per heavy atom. The number of benzene rings is 3. The highest BCUT2D eigenvalue weighted by Gasteiger charge is 2.09. The van der Waals surface area contributed by atoms with Crippen LogP contribution in [0.15, 0.2) is 134 Å². The summed E-state index contributed by atoms with van der Waals surface area (Å²) in [5.41, 5.74) is 7.13. The van der Waals surface area contributed by atoms with E-state index in [4.69, 9.17) is 0 Å². The van der Waals surface area contributed by atoms with Crippen LogP contribution in [-0.4, -0.2) is 31.5 Å². The summed E-state index contributed by atoms with van der Waals surface area (Å²) in [4.78, 5) is 42.6. The molecule has 0 aliphatic rings. The molecule has 7 rings (SSSR count). The van der Waals surface area contributed by atoms with E-state index in [0.717, 1.165) is 44.1 Å². The highest BCUT2D eigenvalue weighted by atomic mass is 16.1. The molecule has 0 aliphatic carbocycles. The Kier molecular flexibility index (Phi) is 7.59. The lowest BCUT2D eigenvalue weighted by Gasteiger charge is -2.04. The molecule has 0 saturated heterocycles. The van der Waals surface area contributed by atoms with Crippen molar-refractivity contribution in [2.75, 3.05) is 0 Å². The number of ketones is 2. The molecule has 0 fully saturated rings. The molecule has 0 saturated carbocycles. The summed E-state index contributed by atoms with van der Waals surface area (Å²) in [5, 5.41) is 1.87. The van der Waals surface area contributed by atoms with Crippen molar-refractivity contribution in [3.63, 3.8) is 0 Å². The zero-order valence-corrected chi connectivity index (χ0v) is 24.3. The Bertz CT molecular complexity index is 2210. The molecular weight excluding hydrogens is 568 g/mol. The Morgan fingerprint density at radius 3 is 1.15 bits per heavy atom. The molecule has 0 unspecified atom stereocenters. The third kappa shape index (κ3) is 6.01. The fraction of sp³-hybridized carbons (Fsp3) is 0. The van der Waals surface area contributed by atoms with Crippen molar-refractivity contribution in [2.45, 2.75) is 0 Å². The van der Waals surface area contributed by atoms with Crippen molar-refractivity contribution in [1.82, 2.24) is 19.9 Å². The first kappa shape index (κ1) is 28.0. The van der Waals surface area contributed by atoms with Crippen LogP contribution < -0.4 is 0 Å². The summed E-state index contributed by atoms with van der Waals surface area (Å²) in [7, 11) is 0. The predicted octanol–water partition coefficient (Wildman–Crippen LogP) is 6.83. The predicted molar refractivity (Wildman–Crippen MR) is 177 cm³/mol. The van der Waals surface area contributed by atoms with Gasteiger partial charge in [-0.25, -0.2) is 0 Å². The highest BCUT2D eigenvalue weighted by Crippen LogP contribution is 2.23. The zero-order valence-electron chi connectivity index (χ0n) is 24.3. The molecule has 6 nitrogen and oxygen atoms in total. The molecule has 0 amide bonds. The van der Waals surface area contributed by atoms with Gasteiger partial charge in [0, 0.05) is 92.5 Å². The standard InChI is InChI=1S/C40H22N4O2/c45-39(33-15-19-41-20-16-33)31-9-5-27(6-10-31)1-3-29-23-35-13-14-36-24-30(26-44-38(36)37(35)43-25-29)4-2-28-7-11-32(12-8-28)40(46)34-17-21-42-22-18-34/h5-26H. The summed E-state index contributed by atoms with van der Waals surface area (Å²) < 4.78 is 0. The first-order valence-corrected chi connectivity index (χ1v) is 14.4. The van der Waals surface area contributed by atoms with Crippen LogP contribution in [-0.2, 0) is 0 Å². The topological polar surface area (TPSA) is 85.7 Å². The van der Waals surface area contributed by atoms with Gasteiger partial charge < -0.3 is 0 Å². The van der Waals surface area contributed by atoms with Crippen LogP contribution in [0.5, 0.6) is 0 Å². The number of pyridine rings is 4. The second-order valence-corrected chi connectivity index (χ2v) is 10.4. The van der Waals surface area contributed by atoms with E-state index in [1.54, 1.807) is 85.7 Å². The van der Waals surface area contributed by atoms with E-state index < -0.39 is 0 Å². The fourth-order valence-corrected chi connectivity index (χ4v) is 4.97. The van der Waals surface area contributed by atoms with Gasteiger partial charge in [0.25, 0.3) is 0 Å². The Hall–Kier alpha value is -6.76. The van der Waals surface area contributed by atoms with Gasteiger partial charge in [0.15, 0.2) is 11.6 Å². The van der Waals surface area contributed by atoms with Gasteiger partial charge in [-0.3, -0.25) is 29.5 Å². The van der Waals surface area contributed by atoms with Gasteiger partial charge in [-0.15, -0.1) is 0 Å². The third-order valence-electron chi connectivity index (χ3n) is 7.38. The van der Waals surface area contributed by atoms with E-state index in [1.165, 1.54) is 0 Å². The number of rotatable bonds is 4. The number of aromatic nitrogens is 4. The molecule has 0 aliphatic heterocycles. The van der Waals surface area contributed by atoms with Crippen molar-refractivity contribution in [3.05, 3.63) is 179 Å². The maximum atomic E-state index is 12.6. The number of carbonyl (C=O) groups is 2. The lowest BCUT2D eigenvalue weighted by molar-refractivity contribution is 0.103. The summed E-state index contributed by atoms with van der Waals surface area (Å²) in [6.45, 7) is 0. The van der Waals surface area contributed by atoms with Crippen LogP contribution in [0, 0.1) is 23.7 Å². The third-order valence-corrected chi connectivity index (χ3v) is 7.38. The molecule has 3 aromatic carbocycles. The van der Waals surface area contributed by atoms with Gasteiger partial charge in [-0.1, -0.05) is 35.8 Å². The monoisotopic (exact) mass is 590 g/mol. The minimum Gasteiger partial charge on any atom is -0.289 e. The highest BCUT2D eigenvalue weighted by molar-refractivity contribution is 6.09. The van der Waals surface area contributed by atoms with Crippen molar-refractivity contribution in [2.24, 2.45) is 0 Å². The van der Waals surface area contributed by atoms with Gasteiger partial charge >= 0.3 is 0 Å². The fourth-order valence-electron chi connectivity index (χ4n) is 4.97. The molecule has 214 valence electrons. The van der Waals surface area contributed by atoms with Gasteiger partial charge in [0.2, 0.25) is 0 Å². The van der Waals surface area contributed by atoms with Crippen LogP contribution in [0.3, 0.4) is 0 Å². The maximum absolute atomic E-state index is 12.6. The van der Waals surface area contributed by atoms with Crippen LogP contribution in [0.2, 0.25) is 0 Å². The van der Waals surface area contributed by atoms with E-state index in [2.05, 4.69) is 43.6 Å². The second-order valence-electron chi connectivity index (χ2n) is 10.4. The summed E-state index contributed by atoms with van der Waals surface area (Å²) in [6.07, 6.45) is 9.92. The van der Waals surface area contributed by atoms with Crippen LogP contribution >= 0.6 is 0 Å². The van der Waals surface area contributed by atoms with E-state index in [0.29, 0.717) is 22.3 Å². The van der Waals surface area contributed by atoms with Gasteiger partial charge in [-0.2, -0.15) is 0 Å². The SMILES string of the molecule is O=C(c1ccncc1)c1ccc(C#Cc2cnc3c(ccc4cc(C#Cc5ccc(C(=O)c6ccncc6)cc5)cnc43)c2)cc1. The van der Waals surface area contributed by atoms with Gasteiger partial charge in [0.1, 0.15) is 0 Å². The van der Waals surface area contributed by atoms with Crippen LogP contribution in [0.1, 0.15) is 54.1 Å². The van der Waals surface area contributed by atoms with Gasteiger partial charge in [0.05, 0.1) is 11.0 Å². The molecular formula is C40H22N4O2. The Labute approximate surface area is 264 Å². The average molecular weight is 591 g/mol. The van der Waals surface area contributed by atoms with Crippen molar-refractivity contribution in [1.29, 1.82) is 0 Å². The molecule has 46 heavy (non-hydrogen) atoms. The summed E-state index contributed by atoms with van der Waals surface area (Å²) in [5.74, 6) is 12.6. The lowest BCUT2D eigenvalue weighted by atomic mass is 10.0. The Balaban J connectivity index is 1.06. The number of hydrogen-bond acceptors (Lipinski definition) is 6. The van der Waals surface area contributed by atoms with E-state index in [-0.39, 0.29) is 11.6 Å². The van der Waals surface area contributed by atoms with E-state index in [1.807, 2.05) is 48.5 Å². The molecule has 0 radical (unpaired) electrons. The molecule has 0 atom stereocenters. The molecule has 4 aromatic heterocycles. The van der Waals surface area contributed by atoms with Gasteiger partial charge in [-0.05, 0) is 84.9 Å². The second kappa shape index (κ2) is 12.5. The molecule has 7 aromatic rings. The minimum atomic E-state index is -0.0535. The van der Waals surface area contributed by atoms with E-state index >= 15 is 0 Å². The number of fused-ring (bicyclic) bond motifs is 3. The molecule has 0 spiro atoms. The molecule has 4 heterocycles. The lowest BCUT2D eigenvalue weighted by Crippen LogP contribution is -2.00. The summed E-state index contributed by atoms with van der Waals surface area (Å²) in [6, 6.07) is 29.3. The van der Waals surface area contributed by atoms with Crippen molar-refractivity contribution in [3.8, 4) is 23.7 Å². The van der Waals surface area contributed by atoms with Crippen molar-refractivity contribution < 1.29 is 9.59 Å². The van der Waals surface area contributed by atoms with E-state index in [9.17, 15) is 9.59 Å². The zero-order chi connectivity index (χ0) is 31.3. The minimum absolute atomic E-state index is 0.0535.